The van der Waals surface area contributed by atoms with E-state index in [0.717, 1.165) is 37.1 Å². The molecule has 1 aromatic heterocycles. The van der Waals surface area contributed by atoms with Gasteiger partial charge in [-0.05, 0) is 31.6 Å². The summed E-state index contributed by atoms with van der Waals surface area (Å²) >= 11 is 0. The Kier molecular flexibility index (Phi) is 4.22. The van der Waals surface area contributed by atoms with E-state index in [9.17, 15) is 9.59 Å². The molecule has 1 spiro atoms. The summed E-state index contributed by atoms with van der Waals surface area (Å²) in [4.78, 5) is 28.0. The van der Waals surface area contributed by atoms with Crippen molar-refractivity contribution in [2.75, 3.05) is 19.6 Å². The molecule has 2 saturated carbocycles. The number of rotatable bonds is 5. The first-order chi connectivity index (χ1) is 13.7. The van der Waals surface area contributed by atoms with E-state index in [1.54, 1.807) is 6.20 Å². The van der Waals surface area contributed by atoms with Crippen molar-refractivity contribution in [3.63, 3.8) is 0 Å². The number of aromatic nitrogens is 2. The van der Waals surface area contributed by atoms with Crippen molar-refractivity contribution in [3.05, 3.63) is 42.1 Å². The predicted octanol–water partition coefficient (Wildman–Crippen LogP) is 2.85. The number of hydrogen-bond donors (Lipinski definition) is 2. The molecule has 0 radical (unpaired) electrons. The van der Waals surface area contributed by atoms with Crippen LogP contribution in [0.15, 0.2) is 36.5 Å². The number of H-pyrrole nitrogens is 1. The molecule has 146 valence electrons. The van der Waals surface area contributed by atoms with Crippen molar-refractivity contribution in [1.29, 1.82) is 0 Å². The van der Waals surface area contributed by atoms with E-state index < -0.39 is 0 Å². The highest BCUT2D eigenvalue weighted by Crippen LogP contribution is 2.52. The van der Waals surface area contributed by atoms with Crippen LogP contribution in [0, 0.1) is 17.3 Å². The van der Waals surface area contributed by atoms with Crippen LogP contribution in [0.1, 0.15) is 42.5 Å². The van der Waals surface area contributed by atoms with Gasteiger partial charge in [0.2, 0.25) is 5.91 Å². The number of benzene rings is 1. The molecule has 28 heavy (non-hydrogen) atoms. The van der Waals surface area contributed by atoms with Gasteiger partial charge in [0, 0.05) is 30.6 Å². The second-order valence-corrected chi connectivity index (χ2v) is 8.67. The van der Waals surface area contributed by atoms with Crippen LogP contribution in [-0.4, -0.2) is 46.5 Å². The average Bonchev–Trinajstić information content (AvgIpc) is 3.23. The van der Waals surface area contributed by atoms with Gasteiger partial charge >= 0.3 is 0 Å². The molecule has 5 rings (SSSR count). The molecule has 3 aliphatic rings. The van der Waals surface area contributed by atoms with Gasteiger partial charge in [-0.2, -0.15) is 5.10 Å². The minimum absolute atomic E-state index is 0.0278. The van der Waals surface area contributed by atoms with Crippen LogP contribution in [0.25, 0.3) is 11.3 Å². The van der Waals surface area contributed by atoms with Gasteiger partial charge in [-0.25, -0.2) is 0 Å². The fourth-order valence-corrected chi connectivity index (χ4v) is 4.76. The third-order valence-corrected chi connectivity index (χ3v) is 6.80. The fraction of sp³-hybridized carbons (Fsp3) is 0.500. The van der Waals surface area contributed by atoms with Crippen molar-refractivity contribution >= 4 is 11.8 Å². The topological polar surface area (TPSA) is 78.1 Å². The number of amides is 2. The maximum atomic E-state index is 13.3. The Balaban J connectivity index is 1.35. The maximum absolute atomic E-state index is 13.3. The highest BCUT2D eigenvalue weighted by Gasteiger charge is 2.54. The molecule has 6 nitrogen and oxygen atoms in total. The summed E-state index contributed by atoms with van der Waals surface area (Å²) in [5.74, 6) is 0.685. The van der Waals surface area contributed by atoms with Crippen LogP contribution in [0.3, 0.4) is 0 Å². The summed E-state index contributed by atoms with van der Waals surface area (Å²) in [5.41, 5.74) is 2.24. The van der Waals surface area contributed by atoms with Crippen molar-refractivity contribution in [2.24, 2.45) is 17.3 Å². The van der Waals surface area contributed by atoms with E-state index in [2.05, 4.69) is 15.5 Å². The van der Waals surface area contributed by atoms with E-state index in [-0.39, 0.29) is 23.1 Å². The molecule has 2 heterocycles. The molecular formula is C22H26N4O2. The summed E-state index contributed by atoms with van der Waals surface area (Å²) in [6, 6.07) is 9.78. The summed E-state index contributed by atoms with van der Waals surface area (Å²) in [5, 5.41) is 10.2. The molecule has 2 amide bonds. The lowest BCUT2D eigenvalue weighted by Crippen LogP contribution is -2.45. The first kappa shape index (κ1) is 17.5. The van der Waals surface area contributed by atoms with Gasteiger partial charge in [0.05, 0.1) is 23.4 Å². The first-order valence-corrected chi connectivity index (χ1v) is 10.3. The summed E-state index contributed by atoms with van der Waals surface area (Å²) in [7, 11) is 0. The highest BCUT2D eigenvalue weighted by molar-refractivity contribution is 6.00. The van der Waals surface area contributed by atoms with Crippen molar-refractivity contribution in [1.82, 2.24) is 20.4 Å². The van der Waals surface area contributed by atoms with Crippen LogP contribution in [0.2, 0.25) is 0 Å². The minimum atomic E-state index is -0.0870. The van der Waals surface area contributed by atoms with Crippen LogP contribution in [0.4, 0.5) is 0 Å². The minimum Gasteiger partial charge on any atom is -0.356 e. The van der Waals surface area contributed by atoms with E-state index in [1.807, 2.05) is 35.2 Å². The second-order valence-electron chi connectivity index (χ2n) is 8.67. The molecule has 3 fully saturated rings. The quantitative estimate of drug-likeness (QED) is 0.840. The Morgan fingerprint density at radius 1 is 1.21 bits per heavy atom. The summed E-state index contributed by atoms with van der Waals surface area (Å²) in [6.07, 6.45) is 7.28. The van der Waals surface area contributed by atoms with Gasteiger partial charge in [0.25, 0.3) is 5.91 Å². The number of hydrogen-bond acceptors (Lipinski definition) is 3. The Labute approximate surface area is 164 Å². The number of carbonyl (C=O) groups excluding carboxylic acids is 2. The standard InChI is InChI=1S/C22H26N4O2/c27-20(23-11-15-7-8-15)18-13-26(14-22(18)9-4-10-22)21(28)17-12-24-25-19(17)16-5-2-1-3-6-16/h1-3,5-6,12,15,18H,4,7-11,13-14H2,(H,23,27)(H,24,25). The van der Waals surface area contributed by atoms with Gasteiger partial charge in [0.15, 0.2) is 0 Å². The molecule has 2 aliphatic carbocycles. The van der Waals surface area contributed by atoms with E-state index in [0.29, 0.717) is 24.6 Å². The highest BCUT2D eigenvalue weighted by atomic mass is 16.2. The van der Waals surface area contributed by atoms with Crippen LogP contribution in [-0.2, 0) is 4.79 Å². The van der Waals surface area contributed by atoms with Gasteiger partial charge in [-0.1, -0.05) is 36.8 Å². The fourth-order valence-electron chi connectivity index (χ4n) is 4.76. The van der Waals surface area contributed by atoms with Crippen LogP contribution < -0.4 is 5.32 Å². The van der Waals surface area contributed by atoms with Crippen molar-refractivity contribution in [2.45, 2.75) is 32.1 Å². The Morgan fingerprint density at radius 3 is 2.68 bits per heavy atom. The number of nitrogens with zero attached hydrogens (tertiary/aromatic N) is 2. The van der Waals surface area contributed by atoms with Crippen molar-refractivity contribution < 1.29 is 9.59 Å². The molecule has 1 aromatic carbocycles. The van der Waals surface area contributed by atoms with Gasteiger partial charge in [0.1, 0.15) is 0 Å². The third-order valence-electron chi connectivity index (χ3n) is 6.80. The van der Waals surface area contributed by atoms with Crippen molar-refractivity contribution in [3.8, 4) is 11.3 Å². The Hall–Kier alpha value is -2.63. The smallest absolute Gasteiger partial charge is 0.257 e. The molecule has 1 saturated heterocycles. The first-order valence-electron chi connectivity index (χ1n) is 10.3. The van der Waals surface area contributed by atoms with E-state index in [1.165, 1.54) is 12.8 Å². The Morgan fingerprint density at radius 2 is 2.00 bits per heavy atom. The zero-order valence-corrected chi connectivity index (χ0v) is 16.0. The van der Waals surface area contributed by atoms with E-state index in [4.69, 9.17) is 0 Å². The van der Waals surface area contributed by atoms with Crippen LogP contribution in [0.5, 0.6) is 0 Å². The third kappa shape index (κ3) is 3.01. The molecular weight excluding hydrogens is 352 g/mol. The summed E-state index contributed by atoms with van der Waals surface area (Å²) < 4.78 is 0. The molecule has 1 atom stereocenters. The number of carbonyl (C=O) groups is 2. The number of aromatic amines is 1. The molecule has 2 aromatic rings. The lowest BCUT2D eigenvalue weighted by Gasteiger charge is -2.41. The SMILES string of the molecule is O=C(NCC1CC1)C1CN(C(=O)c2cn[nH]c2-c2ccccc2)CC12CCC2. The number of likely N-dealkylation sites (tertiary alicyclic amines) is 1. The average molecular weight is 378 g/mol. The lowest BCUT2D eigenvalue weighted by molar-refractivity contribution is -0.129. The zero-order valence-electron chi connectivity index (χ0n) is 16.0. The lowest BCUT2D eigenvalue weighted by atomic mass is 9.62. The number of nitrogens with one attached hydrogen (secondary N) is 2. The Bertz CT molecular complexity index is 883. The summed E-state index contributed by atoms with van der Waals surface area (Å²) in [6.45, 7) is 1.97. The molecule has 0 bridgehead atoms. The second kappa shape index (κ2) is 6.76. The van der Waals surface area contributed by atoms with Crippen LogP contribution >= 0.6 is 0 Å². The maximum Gasteiger partial charge on any atom is 0.257 e. The zero-order chi connectivity index (χ0) is 19.1. The normalized spacial score (nSPS) is 22.9. The molecule has 2 N–H and O–H groups in total. The van der Waals surface area contributed by atoms with Gasteiger partial charge in [-0.15, -0.1) is 0 Å². The van der Waals surface area contributed by atoms with E-state index >= 15 is 0 Å². The molecule has 1 aliphatic heterocycles. The van der Waals surface area contributed by atoms with Gasteiger partial charge < -0.3 is 10.2 Å². The largest absolute Gasteiger partial charge is 0.356 e. The van der Waals surface area contributed by atoms with Gasteiger partial charge in [-0.3, -0.25) is 14.7 Å². The predicted molar refractivity (Wildman–Crippen MR) is 105 cm³/mol. The molecule has 1 unspecified atom stereocenters. The molecule has 6 heteroatoms. The monoisotopic (exact) mass is 378 g/mol.